The molecule has 0 aliphatic rings. The predicted octanol–water partition coefficient (Wildman–Crippen LogP) is 4.03. The SMILES string of the molecule is COc1ccc(-c2nn(Cc3ccccc3F)c(=O)c3nc(C)sc23)cc1OC. The topological polar surface area (TPSA) is 66.2 Å². The lowest BCUT2D eigenvalue weighted by molar-refractivity contribution is 0.355. The fourth-order valence-electron chi connectivity index (χ4n) is 3.13. The minimum Gasteiger partial charge on any atom is -0.493 e. The second-order valence-electron chi connectivity index (χ2n) is 6.38. The van der Waals surface area contributed by atoms with E-state index in [9.17, 15) is 9.18 Å². The zero-order valence-corrected chi connectivity index (χ0v) is 16.9. The lowest BCUT2D eigenvalue weighted by Crippen LogP contribution is -2.24. The maximum atomic E-state index is 14.1. The lowest BCUT2D eigenvalue weighted by Gasteiger charge is -2.12. The molecule has 0 saturated carbocycles. The van der Waals surface area contributed by atoms with Crippen molar-refractivity contribution in [3.8, 4) is 22.8 Å². The van der Waals surface area contributed by atoms with Gasteiger partial charge in [-0.05, 0) is 31.2 Å². The number of ether oxygens (including phenoxy) is 2. The fourth-order valence-corrected chi connectivity index (χ4v) is 4.05. The summed E-state index contributed by atoms with van der Waals surface area (Å²) in [6.07, 6.45) is 0. The molecule has 2 heterocycles. The van der Waals surface area contributed by atoms with Gasteiger partial charge in [-0.15, -0.1) is 11.3 Å². The Morgan fingerprint density at radius 2 is 1.86 bits per heavy atom. The van der Waals surface area contributed by atoms with Crippen LogP contribution < -0.4 is 15.0 Å². The van der Waals surface area contributed by atoms with E-state index in [1.807, 2.05) is 13.0 Å². The molecule has 0 atom stereocenters. The number of aryl methyl sites for hydroxylation is 1. The molecule has 2 aromatic heterocycles. The summed E-state index contributed by atoms with van der Waals surface area (Å²) in [5.74, 6) is 0.754. The van der Waals surface area contributed by atoms with Crippen molar-refractivity contribution < 1.29 is 13.9 Å². The average molecular weight is 411 g/mol. The van der Waals surface area contributed by atoms with Gasteiger partial charge in [-0.25, -0.2) is 14.1 Å². The van der Waals surface area contributed by atoms with Crippen molar-refractivity contribution in [2.45, 2.75) is 13.5 Å². The Bertz CT molecular complexity index is 1270. The van der Waals surface area contributed by atoms with Gasteiger partial charge in [0.1, 0.15) is 11.5 Å². The number of methoxy groups -OCH3 is 2. The Hall–Kier alpha value is -3.26. The molecule has 0 saturated heterocycles. The largest absolute Gasteiger partial charge is 0.493 e. The molecule has 2 aromatic carbocycles. The summed E-state index contributed by atoms with van der Waals surface area (Å²) >= 11 is 1.40. The maximum Gasteiger partial charge on any atom is 0.294 e. The molecule has 0 aliphatic heterocycles. The van der Waals surface area contributed by atoms with Gasteiger partial charge in [-0.3, -0.25) is 4.79 Å². The van der Waals surface area contributed by atoms with Crippen molar-refractivity contribution in [1.29, 1.82) is 0 Å². The van der Waals surface area contributed by atoms with Crippen molar-refractivity contribution in [2.75, 3.05) is 14.2 Å². The second kappa shape index (κ2) is 7.63. The van der Waals surface area contributed by atoms with E-state index < -0.39 is 0 Å². The van der Waals surface area contributed by atoms with Crippen molar-refractivity contribution in [3.63, 3.8) is 0 Å². The Kier molecular flexibility index (Phi) is 5.02. The molecule has 4 rings (SSSR count). The van der Waals surface area contributed by atoms with E-state index in [0.29, 0.717) is 33.0 Å². The minimum atomic E-state index is -0.386. The molecule has 148 valence electrons. The molecule has 0 N–H and O–H groups in total. The number of fused-ring (bicyclic) bond motifs is 1. The summed E-state index contributed by atoms with van der Waals surface area (Å²) in [6, 6.07) is 11.8. The highest BCUT2D eigenvalue weighted by Crippen LogP contribution is 2.35. The normalized spacial score (nSPS) is 11.0. The molecular formula is C21H18FN3O3S. The first-order chi connectivity index (χ1) is 14.0. The Morgan fingerprint density at radius 1 is 1.10 bits per heavy atom. The minimum absolute atomic E-state index is 0.0122. The van der Waals surface area contributed by atoms with Crippen LogP contribution in [-0.4, -0.2) is 29.0 Å². The predicted molar refractivity (Wildman–Crippen MR) is 110 cm³/mol. The zero-order valence-electron chi connectivity index (χ0n) is 16.1. The molecule has 4 aromatic rings. The summed E-state index contributed by atoms with van der Waals surface area (Å²) < 4.78 is 26.8. The smallest absolute Gasteiger partial charge is 0.294 e. The first-order valence-corrected chi connectivity index (χ1v) is 9.67. The molecule has 8 heteroatoms. The summed E-state index contributed by atoms with van der Waals surface area (Å²) in [6.45, 7) is 1.85. The first kappa shape index (κ1) is 19.1. The number of aromatic nitrogens is 3. The third-order valence-corrected chi connectivity index (χ3v) is 5.52. The van der Waals surface area contributed by atoms with Crippen LogP contribution in [0.1, 0.15) is 10.6 Å². The van der Waals surface area contributed by atoms with Crippen LogP contribution in [0.5, 0.6) is 11.5 Å². The number of nitrogens with zero attached hydrogens (tertiary/aromatic N) is 3. The van der Waals surface area contributed by atoms with Crippen LogP contribution in [-0.2, 0) is 6.54 Å². The average Bonchev–Trinajstić information content (AvgIpc) is 3.13. The molecule has 0 aliphatic carbocycles. The Labute approximate surface area is 170 Å². The maximum absolute atomic E-state index is 14.1. The van der Waals surface area contributed by atoms with Crippen LogP contribution in [0.15, 0.2) is 47.3 Å². The van der Waals surface area contributed by atoms with Gasteiger partial charge in [-0.1, -0.05) is 18.2 Å². The summed E-state index contributed by atoms with van der Waals surface area (Å²) in [4.78, 5) is 17.3. The molecule has 29 heavy (non-hydrogen) atoms. The summed E-state index contributed by atoms with van der Waals surface area (Å²) in [5, 5.41) is 5.32. The monoisotopic (exact) mass is 411 g/mol. The Morgan fingerprint density at radius 3 is 2.59 bits per heavy atom. The Balaban J connectivity index is 1.93. The van der Waals surface area contributed by atoms with Crippen molar-refractivity contribution in [2.24, 2.45) is 0 Å². The lowest BCUT2D eigenvalue weighted by atomic mass is 10.1. The van der Waals surface area contributed by atoms with Crippen molar-refractivity contribution >= 4 is 21.6 Å². The van der Waals surface area contributed by atoms with E-state index in [0.717, 1.165) is 10.6 Å². The van der Waals surface area contributed by atoms with Crippen LogP contribution in [0.3, 0.4) is 0 Å². The van der Waals surface area contributed by atoms with Crippen LogP contribution in [0.2, 0.25) is 0 Å². The van der Waals surface area contributed by atoms with E-state index in [-0.39, 0.29) is 17.9 Å². The fraction of sp³-hybridized carbons (Fsp3) is 0.190. The van der Waals surface area contributed by atoms with Gasteiger partial charge in [0.25, 0.3) is 5.56 Å². The first-order valence-electron chi connectivity index (χ1n) is 8.86. The number of benzene rings is 2. The van der Waals surface area contributed by atoms with Crippen LogP contribution in [0.4, 0.5) is 4.39 Å². The highest BCUT2D eigenvalue weighted by atomic mass is 32.1. The number of thiazole rings is 1. The molecule has 0 fully saturated rings. The van der Waals surface area contributed by atoms with Crippen LogP contribution in [0.25, 0.3) is 21.5 Å². The third kappa shape index (κ3) is 3.47. The third-order valence-electron chi connectivity index (χ3n) is 4.54. The molecule has 6 nitrogen and oxygen atoms in total. The molecule has 0 unspecified atom stereocenters. The molecule has 0 bridgehead atoms. The summed E-state index contributed by atoms with van der Waals surface area (Å²) in [5.41, 5.74) is 1.69. The molecule has 0 spiro atoms. The van der Waals surface area contributed by atoms with Gasteiger partial charge < -0.3 is 9.47 Å². The summed E-state index contributed by atoms with van der Waals surface area (Å²) in [7, 11) is 3.12. The van der Waals surface area contributed by atoms with E-state index in [2.05, 4.69) is 10.1 Å². The van der Waals surface area contributed by atoms with Gasteiger partial charge >= 0.3 is 0 Å². The molecule has 0 radical (unpaired) electrons. The number of hydrogen-bond acceptors (Lipinski definition) is 6. The van der Waals surface area contributed by atoms with Gasteiger partial charge in [0.15, 0.2) is 17.0 Å². The van der Waals surface area contributed by atoms with E-state index >= 15 is 0 Å². The quantitative estimate of drug-likeness (QED) is 0.496. The van der Waals surface area contributed by atoms with Gasteiger partial charge in [0, 0.05) is 11.1 Å². The number of rotatable bonds is 5. The number of halogens is 1. The van der Waals surface area contributed by atoms with E-state index in [4.69, 9.17) is 9.47 Å². The second-order valence-corrected chi connectivity index (χ2v) is 7.59. The highest BCUT2D eigenvalue weighted by Gasteiger charge is 2.18. The van der Waals surface area contributed by atoms with Crippen molar-refractivity contribution in [1.82, 2.24) is 14.8 Å². The van der Waals surface area contributed by atoms with E-state index in [1.54, 1.807) is 44.6 Å². The molecular weight excluding hydrogens is 393 g/mol. The van der Waals surface area contributed by atoms with Crippen LogP contribution in [0, 0.1) is 12.7 Å². The molecule has 0 amide bonds. The van der Waals surface area contributed by atoms with Gasteiger partial charge in [0.2, 0.25) is 0 Å². The highest BCUT2D eigenvalue weighted by molar-refractivity contribution is 7.19. The van der Waals surface area contributed by atoms with Gasteiger partial charge in [-0.2, -0.15) is 5.10 Å². The van der Waals surface area contributed by atoms with Gasteiger partial charge in [0.05, 0.1) is 30.5 Å². The van der Waals surface area contributed by atoms with Crippen LogP contribution >= 0.6 is 11.3 Å². The zero-order chi connectivity index (χ0) is 20.5. The standard InChI is InChI=1S/C21H18FN3O3S/c1-12-23-19-20(29-12)18(13-8-9-16(27-2)17(10-13)28-3)24-25(21(19)26)11-14-6-4-5-7-15(14)22/h4-10H,11H2,1-3H3. The van der Waals surface area contributed by atoms with E-state index in [1.165, 1.54) is 22.1 Å². The number of hydrogen-bond donors (Lipinski definition) is 0. The van der Waals surface area contributed by atoms with Crippen molar-refractivity contribution in [3.05, 3.63) is 69.2 Å².